The van der Waals surface area contributed by atoms with Gasteiger partial charge < -0.3 is 10.4 Å². The first-order valence-electron chi connectivity index (χ1n) is 4.78. The van der Waals surface area contributed by atoms with Crippen LogP contribution < -0.4 is 5.32 Å². The molecule has 0 aliphatic heterocycles. The Morgan fingerprint density at radius 1 is 1.60 bits per heavy atom. The number of carbonyl (C=O) groups excluding carboxylic acids is 1. The lowest BCUT2D eigenvalue weighted by atomic mass is 10.1. The topological polar surface area (TPSA) is 49.3 Å². The van der Waals surface area contributed by atoms with E-state index >= 15 is 0 Å². The summed E-state index contributed by atoms with van der Waals surface area (Å²) in [5.41, 5.74) is 0.292. The molecular weight excluding hydrogens is 197 g/mol. The van der Waals surface area contributed by atoms with Crippen molar-refractivity contribution in [3.8, 4) is 0 Å². The van der Waals surface area contributed by atoms with E-state index in [1.165, 1.54) is 18.2 Å². The third-order valence-electron chi connectivity index (χ3n) is 2.01. The van der Waals surface area contributed by atoms with Crippen molar-refractivity contribution in [1.82, 2.24) is 5.32 Å². The van der Waals surface area contributed by atoms with Crippen LogP contribution in [0.25, 0.3) is 0 Å². The van der Waals surface area contributed by atoms with E-state index in [0.29, 0.717) is 12.1 Å². The summed E-state index contributed by atoms with van der Waals surface area (Å²) in [7, 11) is 0. The molecule has 1 unspecified atom stereocenters. The molecule has 1 aromatic carbocycles. The number of halogens is 1. The first kappa shape index (κ1) is 11.7. The van der Waals surface area contributed by atoms with Crippen molar-refractivity contribution in [2.45, 2.75) is 6.92 Å². The molecule has 4 heteroatoms. The molecule has 2 N–H and O–H groups in total. The van der Waals surface area contributed by atoms with Gasteiger partial charge >= 0.3 is 0 Å². The number of benzene rings is 1. The molecule has 0 spiro atoms. The average molecular weight is 211 g/mol. The lowest BCUT2D eigenvalue weighted by molar-refractivity contribution is 0.0942. The minimum absolute atomic E-state index is 0.00232. The molecule has 0 heterocycles. The number of amides is 1. The minimum atomic E-state index is -0.433. The molecule has 0 saturated carbocycles. The van der Waals surface area contributed by atoms with Gasteiger partial charge in [0.05, 0.1) is 0 Å². The zero-order chi connectivity index (χ0) is 11.3. The molecule has 1 amide bonds. The Bertz CT molecular complexity index is 341. The highest BCUT2D eigenvalue weighted by molar-refractivity contribution is 5.94. The van der Waals surface area contributed by atoms with Crippen LogP contribution in [-0.2, 0) is 0 Å². The molecule has 0 saturated heterocycles. The van der Waals surface area contributed by atoms with E-state index in [9.17, 15) is 9.18 Å². The molecule has 3 nitrogen and oxygen atoms in total. The first-order valence-corrected chi connectivity index (χ1v) is 4.78. The molecular formula is C11H14FNO2. The van der Waals surface area contributed by atoms with Crippen LogP contribution in [-0.4, -0.2) is 24.2 Å². The summed E-state index contributed by atoms with van der Waals surface area (Å²) < 4.78 is 12.8. The fourth-order valence-corrected chi connectivity index (χ4v) is 1.06. The maximum atomic E-state index is 12.8. The third-order valence-corrected chi connectivity index (χ3v) is 2.01. The maximum absolute atomic E-state index is 12.8. The molecule has 0 aliphatic rings. The van der Waals surface area contributed by atoms with Crippen LogP contribution in [0.1, 0.15) is 17.3 Å². The second-order valence-corrected chi connectivity index (χ2v) is 3.51. The fourth-order valence-electron chi connectivity index (χ4n) is 1.06. The normalized spacial score (nSPS) is 12.2. The summed E-state index contributed by atoms with van der Waals surface area (Å²) >= 11 is 0. The minimum Gasteiger partial charge on any atom is -0.396 e. The molecule has 0 radical (unpaired) electrons. The van der Waals surface area contributed by atoms with Gasteiger partial charge in [-0.2, -0.15) is 0 Å². The molecule has 82 valence electrons. The summed E-state index contributed by atoms with van der Waals surface area (Å²) in [5, 5.41) is 11.4. The molecule has 0 bridgehead atoms. The van der Waals surface area contributed by atoms with Gasteiger partial charge in [0.2, 0.25) is 0 Å². The van der Waals surface area contributed by atoms with Crippen LogP contribution in [0.3, 0.4) is 0 Å². The molecule has 0 aliphatic carbocycles. The van der Waals surface area contributed by atoms with Crippen LogP contribution in [0.15, 0.2) is 24.3 Å². The van der Waals surface area contributed by atoms with Crippen LogP contribution >= 0.6 is 0 Å². The summed E-state index contributed by atoms with van der Waals surface area (Å²) in [6.07, 6.45) is 0. The Hall–Kier alpha value is -1.42. The summed E-state index contributed by atoms with van der Waals surface area (Å²) in [6.45, 7) is 2.21. The van der Waals surface area contributed by atoms with Crippen LogP contribution in [0.5, 0.6) is 0 Å². The lowest BCUT2D eigenvalue weighted by Gasteiger charge is -2.09. The highest BCUT2D eigenvalue weighted by Crippen LogP contribution is 2.03. The number of aliphatic hydroxyl groups is 1. The van der Waals surface area contributed by atoms with Gasteiger partial charge in [0.15, 0.2) is 0 Å². The van der Waals surface area contributed by atoms with Gasteiger partial charge in [0.1, 0.15) is 5.82 Å². The number of carbonyl (C=O) groups is 1. The zero-order valence-electron chi connectivity index (χ0n) is 8.53. The highest BCUT2D eigenvalue weighted by Gasteiger charge is 2.07. The number of aliphatic hydroxyl groups excluding tert-OH is 1. The Kier molecular flexibility index (Phi) is 4.24. The third kappa shape index (κ3) is 3.67. The Morgan fingerprint density at radius 2 is 2.33 bits per heavy atom. The van der Waals surface area contributed by atoms with E-state index < -0.39 is 5.82 Å². The lowest BCUT2D eigenvalue weighted by Crippen LogP contribution is -2.29. The smallest absolute Gasteiger partial charge is 0.251 e. The molecule has 15 heavy (non-hydrogen) atoms. The van der Waals surface area contributed by atoms with Crippen molar-refractivity contribution in [3.05, 3.63) is 35.6 Å². The van der Waals surface area contributed by atoms with Crippen molar-refractivity contribution in [2.75, 3.05) is 13.2 Å². The standard InChI is InChI=1S/C11H14FNO2/c1-8(7-14)6-13-11(15)9-3-2-4-10(12)5-9/h2-5,8,14H,6-7H2,1H3,(H,13,15). The number of hydrogen-bond donors (Lipinski definition) is 2. The van der Waals surface area contributed by atoms with E-state index in [-0.39, 0.29) is 18.4 Å². The largest absolute Gasteiger partial charge is 0.396 e. The van der Waals surface area contributed by atoms with Crippen LogP contribution in [0.2, 0.25) is 0 Å². The maximum Gasteiger partial charge on any atom is 0.251 e. The average Bonchev–Trinajstić information content (AvgIpc) is 2.25. The van der Waals surface area contributed by atoms with Crippen molar-refractivity contribution < 1.29 is 14.3 Å². The molecule has 1 atom stereocenters. The van der Waals surface area contributed by atoms with Crippen molar-refractivity contribution in [1.29, 1.82) is 0 Å². The van der Waals surface area contributed by atoms with Gasteiger partial charge in [0.25, 0.3) is 5.91 Å². The SMILES string of the molecule is CC(CO)CNC(=O)c1cccc(F)c1. The first-order chi connectivity index (χ1) is 7.13. The van der Waals surface area contributed by atoms with Crippen molar-refractivity contribution in [2.24, 2.45) is 5.92 Å². The van der Waals surface area contributed by atoms with Gasteiger partial charge in [0, 0.05) is 18.7 Å². The molecule has 1 rings (SSSR count). The van der Waals surface area contributed by atoms with Crippen molar-refractivity contribution >= 4 is 5.91 Å². The summed E-state index contributed by atoms with van der Waals surface area (Å²) in [6, 6.07) is 5.49. The van der Waals surface area contributed by atoms with Crippen LogP contribution in [0.4, 0.5) is 4.39 Å². The molecule has 0 fully saturated rings. The predicted octanol–water partition coefficient (Wildman–Crippen LogP) is 1.18. The van der Waals surface area contributed by atoms with Gasteiger partial charge in [-0.3, -0.25) is 4.79 Å². The second kappa shape index (κ2) is 5.46. The predicted molar refractivity (Wildman–Crippen MR) is 55.0 cm³/mol. The number of rotatable bonds is 4. The quantitative estimate of drug-likeness (QED) is 0.785. The van der Waals surface area contributed by atoms with Crippen LogP contribution in [0, 0.1) is 11.7 Å². The zero-order valence-corrected chi connectivity index (χ0v) is 8.53. The van der Waals surface area contributed by atoms with Gasteiger partial charge in [-0.05, 0) is 24.1 Å². The molecule has 1 aromatic rings. The van der Waals surface area contributed by atoms with E-state index in [2.05, 4.69) is 5.32 Å². The van der Waals surface area contributed by atoms with Gasteiger partial charge in [-0.25, -0.2) is 4.39 Å². The van der Waals surface area contributed by atoms with Gasteiger partial charge in [-0.15, -0.1) is 0 Å². The van der Waals surface area contributed by atoms with E-state index in [1.807, 2.05) is 6.92 Å². The summed E-state index contributed by atoms with van der Waals surface area (Å²) in [5.74, 6) is -0.754. The summed E-state index contributed by atoms with van der Waals surface area (Å²) in [4.78, 5) is 11.5. The van der Waals surface area contributed by atoms with Crippen molar-refractivity contribution in [3.63, 3.8) is 0 Å². The van der Waals surface area contributed by atoms with E-state index in [1.54, 1.807) is 6.07 Å². The monoisotopic (exact) mass is 211 g/mol. The van der Waals surface area contributed by atoms with Gasteiger partial charge in [-0.1, -0.05) is 13.0 Å². The highest BCUT2D eigenvalue weighted by atomic mass is 19.1. The number of hydrogen-bond acceptors (Lipinski definition) is 2. The number of nitrogens with one attached hydrogen (secondary N) is 1. The Balaban J connectivity index is 2.54. The van der Waals surface area contributed by atoms with E-state index in [0.717, 1.165) is 0 Å². The second-order valence-electron chi connectivity index (χ2n) is 3.51. The molecule has 0 aromatic heterocycles. The Morgan fingerprint density at radius 3 is 2.93 bits per heavy atom. The Labute approximate surface area is 87.9 Å². The fraction of sp³-hybridized carbons (Fsp3) is 0.364. The van der Waals surface area contributed by atoms with E-state index in [4.69, 9.17) is 5.11 Å².